The Morgan fingerprint density at radius 2 is 1.44 bits per heavy atom. The molecule has 5 rings (SSSR count). The number of nitrogens with zero attached hydrogens (tertiary/aromatic N) is 1. The van der Waals surface area contributed by atoms with E-state index in [9.17, 15) is 27.9 Å². The van der Waals surface area contributed by atoms with E-state index in [1.54, 1.807) is 54.6 Å². The summed E-state index contributed by atoms with van der Waals surface area (Å²) in [5, 5.41) is 10.8. The lowest BCUT2D eigenvalue weighted by atomic mass is 10.1. The number of rotatable bonds is 4. The number of hydrogen-bond donors (Lipinski definition) is 1. The van der Waals surface area contributed by atoms with Gasteiger partial charge in [-0.3, -0.25) is 9.36 Å². The lowest BCUT2D eigenvalue weighted by Crippen LogP contribution is -2.21. The third kappa shape index (κ3) is 4.29. The first-order valence-corrected chi connectivity index (χ1v) is 11.5. The van der Waals surface area contributed by atoms with Gasteiger partial charge in [0.1, 0.15) is 15.9 Å². The zero-order valence-corrected chi connectivity index (χ0v) is 19.1. The summed E-state index contributed by atoms with van der Waals surface area (Å²) in [6, 6.07) is 23.4. The molecule has 5 aromatic rings. The maximum atomic E-state index is 13.7. The van der Waals surface area contributed by atoms with Crippen molar-refractivity contribution in [3.05, 3.63) is 117 Å². The van der Waals surface area contributed by atoms with Gasteiger partial charge in [-0.05, 0) is 42.0 Å². The van der Waals surface area contributed by atoms with Gasteiger partial charge in [0.2, 0.25) is 0 Å². The van der Waals surface area contributed by atoms with E-state index in [2.05, 4.69) is 0 Å². The highest BCUT2D eigenvalue weighted by molar-refractivity contribution is 7.99. The van der Waals surface area contributed by atoms with Gasteiger partial charge in [-0.2, -0.15) is 13.2 Å². The van der Waals surface area contributed by atoms with Crippen LogP contribution in [0.4, 0.5) is 13.2 Å². The monoisotopic (exact) mass is 507 g/mol. The van der Waals surface area contributed by atoms with Crippen LogP contribution in [0.25, 0.3) is 27.9 Å². The normalized spacial score (nSPS) is 11.6. The minimum Gasteiger partial charge on any atom is -0.505 e. The average molecular weight is 507 g/mol. The van der Waals surface area contributed by atoms with Crippen molar-refractivity contribution in [3.63, 3.8) is 0 Å². The third-order valence-electron chi connectivity index (χ3n) is 5.50. The van der Waals surface area contributed by atoms with Crippen molar-refractivity contribution in [2.45, 2.75) is 16.0 Å². The van der Waals surface area contributed by atoms with Crippen LogP contribution in [-0.2, 0) is 6.18 Å². The highest BCUT2D eigenvalue weighted by Crippen LogP contribution is 2.38. The molecule has 0 atom stereocenters. The van der Waals surface area contributed by atoms with Crippen LogP contribution in [-0.4, -0.2) is 9.67 Å². The summed E-state index contributed by atoms with van der Waals surface area (Å²) in [5.41, 5.74) is -0.818. The number of benzene rings is 3. The van der Waals surface area contributed by atoms with Gasteiger partial charge in [-0.25, -0.2) is 4.79 Å². The van der Waals surface area contributed by atoms with Crippen LogP contribution in [0.1, 0.15) is 5.56 Å². The molecule has 0 aliphatic heterocycles. The Morgan fingerprint density at radius 1 is 0.833 bits per heavy atom. The second kappa shape index (κ2) is 9.09. The molecule has 36 heavy (non-hydrogen) atoms. The summed E-state index contributed by atoms with van der Waals surface area (Å²) in [7, 11) is 0. The fourth-order valence-corrected chi connectivity index (χ4v) is 4.65. The van der Waals surface area contributed by atoms with E-state index in [1.165, 1.54) is 22.8 Å². The number of aromatic hydroxyl groups is 1. The Balaban J connectivity index is 1.72. The standard InChI is InChI=1S/C27H16F3NO4S/c28-27(29,30)17-11-13-19(14-12-17)36-24-23(32)22-21(35-26(24)34)15-20(16-7-3-1-4-8-16)31(25(22)33)18-9-5-2-6-10-18/h1-15,32H. The van der Waals surface area contributed by atoms with Crippen LogP contribution in [0.3, 0.4) is 0 Å². The number of pyridine rings is 1. The third-order valence-corrected chi connectivity index (χ3v) is 6.57. The topological polar surface area (TPSA) is 72.4 Å². The first-order valence-electron chi connectivity index (χ1n) is 10.7. The van der Waals surface area contributed by atoms with Gasteiger partial charge in [0, 0.05) is 16.6 Å². The molecule has 180 valence electrons. The van der Waals surface area contributed by atoms with E-state index in [-0.39, 0.29) is 20.8 Å². The van der Waals surface area contributed by atoms with Gasteiger partial charge < -0.3 is 9.52 Å². The molecular weight excluding hydrogens is 491 g/mol. The van der Waals surface area contributed by atoms with Gasteiger partial charge in [0.15, 0.2) is 5.75 Å². The summed E-state index contributed by atoms with van der Waals surface area (Å²) in [4.78, 5) is 26.4. The molecule has 3 aromatic carbocycles. The molecule has 0 amide bonds. The highest BCUT2D eigenvalue weighted by atomic mass is 32.2. The van der Waals surface area contributed by atoms with Gasteiger partial charge in [-0.15, -0.1) is 0 Å². The Labute approximate surface area is 206 Å². The molecule has 0 bridgehead atoms. The molecule has 0 saturated carbocycles. The predicted molar refractivity (Wildman–Crippen MR) is 131 cm³/mol. The lowest BCUT2D eigenvalue weighted by Gasteiger charge is -2.15. The zero-order valence-electron chi connectivity index (χ0n) is 18.3. The molecule has 2 heterocycles. The number of aromatic nitrogens is 1. The van der Waals surface area contributed by atoms with Crippen LogP contribution in [0.2, 0.25) is 0 Å². The molecule has 9 heteroatoms. The maximum absolute atomic E-state index is 13.7. The van der Waals surface area contributed by atoms with Gasteiger partial charge >= 0.3 is 11.8 Å². The second-order valence-corrected chi connectivity index (χ2v) is 8.89. The van der Waals surface area contributed by atoms with E-state index in [4.69, 9.17) is 4.42 Å². The van der Waals surface area contributed by atoms with Crippen LogP contribution >= 0.6 is 11.8 Å². The first-order chi connectivity index (χ1) is 17.2. The Bertz CT molecular complexity index is 1680. The average Bonchev–Trinajstić information content (AvgIpc) is 2.87. The quantitative estimate of drug-likeness (QED) is 0.301. The van der Waals surface area contributed by atoms with E-state index in [0.717, 1.165) is 12.1 Å². The molecule has 0 spiro atoms. The summed E-state index contributed by atoms with van der Waals surface area (Å²) in [6.45, 7) is 0. The van der Waals surface area contributed by atoms with Crippen molar-refractivity contribution in [2.24, 2.45) is 0 Å². The summed E-state index contributed by atoms with van der Waals surface area (Å²) in [5.74, 6) is -0.597. The fourth-order valence-electron chi connectivity index (χ4n) is 3.82. The molecule has 0 saturated heterocycles. The fraction of sp³-hybridized carbons (Fsp3) is 0.0370. The van der Waals surface area contributed by atoms with E-state index in [1.807, 2.05) is 6.07 Å². The minimum atomic E-state index is -4.51. The number of fused-ring (bicyclic) bond motifs is 1. The molecule has 1 N–H and O–H groups in total. The van der Waals surface area contributed by atoms with Gasteiger partial charge in [0.25, 0.3) is 5.56 Å². The molecule has 0 fully saturated rings. The van der Waals surface area contributed by atoms with E-state index in [0.29, 0.717) is 28.7 Å². The molecule has 0 aliphatic rings. The maximum Gasteiger partial charge on any atom is 0.416 e. The summed E-state index contributed by atoms with van der Waals surface area (Å²) in [6.07, 6.45) is -4.51. The van der Waals surface area contributed by atoms with Crippen LogP contribution in [0, 0.1) is 0 Å². The van der Waals surface area contributed by atoms with E-state index < -0.39 is 28.7 Å². The van der Waals surface area contributed by atoms with Crippen LogP contribution < -0.4 is 11.2 Å². The predicted octanol–water partition coefficient (Wildman–Crippen LogP) is 6.49. The number of hydrogen-bond acceptors (Lipinski definition) is 5. The molecule has 5 nitrogen and oxygen atoms in total. The summed E-state index contributed by atoms with van der Waals surface area (Å²) >= 11 is 0.714. The smallest absolute Gasteiger partial charge is 0.416 e. The van der Waals surface area contributed by atoms with Crippen molar-refractivity contribution in [2.75, 3.05) is 0 Å². The van der Waals surface area contributed by atoms with Gasteiger partial charge in [0.05, 0.1) is 11.3 Å². The molecular formula is C27H16F3NO4S. The second-order valence-electron chi connectivity index (χ2n) is 7.80. The highest BCUT2D eigenvalue weighted by Gasteiger charge is 2.30. The number of para-hydroxylation sites is 1. The minimum absolute atomic E-state index is 0.106. The van der Waals surface area contributed by atoms with Crippen LogP contribution in [0.15, 0.2) is 115 Å². The van der Waals surface area contributed by atoms with Gasteiger partial charge in [-0.1, -0.05) is 60.3 Å². The van der Waals surface area contributed by atoms with Crippen molar-refractivity contribution in [1.82, 2.24) is 4.57 Å². The van der Waals surface area contributed by atoms with E-state index >= 15 is 0 Å². The largest absolute Gasteiger partial charge is 0.505 e. The Morgan fingerprint density at radius 3 is 2.06 bits per heavy atom. The number of alkyl halides is 3. The molecule has 0 aliphatic carbocycles. The number of halogens is 3. The molecule has 0 unspecified atom stereocenters. The van der Waals surface area contributed by atoms with Crippen LogP contribution in [0.5, 0.6) is 5.75 Å². The SMILES string of the molecule is O=c1oc2cc(-c3ccccc3)n(-c3ccccc3)c(=O)c2c(O)c1Sc1ccc(C(F)(F)F)cc1. The Hall–Kier alpha value is -4.24. The van der Waals surface area contributed by atoms with Crippen molar-refractivity contribution in [1.29, 1.82) is 0 Å². The lowest BCUT2D eigenvalue weighted by molar-refractivity contribution is -0.137. The first kappa shape index (κ1) is 23.5. The molecule has 2 aromatic heterocycles. The summed E-state index contributed by atoms with van der Waals surface area (Å²) < 4.78 is 45.5. The Kier molecular flexibility index (Phi) is 5.93. The zero-order chi connectivity index (χ0) is 25.4. The van der Waals surface area contributed by atoms with Crippen molar-refractivity contribution < 1.29 is 22.7 Å². The molecule has 0 radical (unpaired) electrons. The van der Waals surface area contributed by atoms with Crippen molar-refractivity contribution >= 4 is 22.7 Å². The van der Waals surface area contributed by atoms with Crippen molar-refractivity contribution in [3.8, 4) is 22.7 Å².